The largest absolute Gasteiger partial charge is 0.366 e. The van der Waals surface area contributed by atoms with Crippen LogP contribution in [0.15, 0.2) is 24.3 Å². The third-order valence-corrected chi connectivity index (χ3v) is 5.74. The molecule has 0 aliphatic carbocycles. The first kappa shape index (κ1) is 16.1. The number of fused-ring (bicyclic) bond motifs is 1. The molecule has 0 saturated heterocycles. The number of hydrogen-bond donors (Lipinski definition) is 1. The number of amides is 1. The second-order valence-electron chi connectivity index (χ2n) is 5.74. The first-order valence-electron chi connectivity index (χ1n) is 7.63. The standard InChI is InChI=1S/C18H19ClN2OS/c1-4-7-21-11(3)14(18(20)22)9-15(21)17-10(2)13-8-12(19)5-6-16(13)23-17/h5-6,8-9H,4,7H2,1-3H3,(H2,20,22). The third-order valence-electron chi connectivity index (χ3n) is 4.21. The SMILES string of the molecule is CCCn1c(-c2sc3ccc(Cl)cc3c2C)cc(C(N)=O)c1C. The summed E-state index contributed by atoms with van der Waals surface area (Å²) in [5.41, 5.74) is 9.33. The second-order valence-corrected chi connectivity index (χ2v) is 7.23. The van der Waals surface area contributed by atoms with Crippen LogP contribution in [0.1, 0.15) is 35.0 Å². The summed E-state index contributed by atoms with van der Waals surface area (Å²) in [4.78, 5) is 12.9. The molecule has 2 N–H and O–H groups in total. The molecule has 5 heteroatoms. The Morgan fingerprint density at radius 1 is 1.30 bits per heavy atom. The first-order valence-corrected chi connectivity index (χ1v) is 8.82. The van der Waals surface area contributed by atoms with Crippen LogP contribution in [0.2, 0.25) is 5.02 Å². The lowest BCUT2D eigenvalue weighted by molar-refractivity contribution is 0.0999. The summed E-state index contributed by atoms with van der Waals surface area (Å²) in [5.74, 6) is -0.375. The van der Waals surface area contributed by atoms with Crippen molar-refractivity contribution in [2.75, 3.05) is 0 Å². The third kappa shape index (κ3) is 2.66. The van der Waals surface area contributed by atoms with Crippen molar-refractivity contribution in [1.82, 2.24) is 4.57 Å². The number of rotatable bonds is 4. The number of aromatic nitrogens is 1. The van der Waals surface area contributed by atoms with Crippen molar-refractivity contribution >= 4 is 38.9 Å². The highest BCUT2D eigenvalue weighted by atomic mass is 35.5. The molecule has 2 heterocycles. The molecular weight excluding hydrogens is 328 g/mol. The molecule has 0 aliphatic heterocycles. The molecule has 0 radical (unpaired) electrons. The van der Waals surface area contributed by atoms with Crippen LogP contribution in [0.3, 0.4) is 0 Å². The second kappa shape index (κ2) is 6.02. The van der Waals surface area contributed by atoms with Gasteiger partial charge in [-0.1, -0.05) is 18.5 Å². The Morgan fingerprint density at radius 2 is 2.04 bits per heavy atom. The molecule has 0 aliphatic rings. The first-order chi connectivity index (χ1) is 10.9. The normalized spacial score (nSPS) is 11.3. The predicted molar refractivity (Wildman–Crippen MR) is 98.5 cm³/mol. The van der Waals surface area contributed by atoms with Gasteiger partial charge < -0.3 is 10.3 Å². The average molecular weight is 347 g/mol. The van der Waals surface area contributed by atoms with Gasteiger partial charge in [0, 0.05) is 22.0 Å². The van der Waals surface area contributed by atoms with E-state index < -0.39 is 0 Å². The number of nitrogens with zero attached hydrogens (tertiary/aromatic N) is 1. The molecule has 3 nitrogen and oxygen atoms in total. The molecular formula is C18H19ClN2OS. The molecule has 1 amide bonds. The summed E-state index contributed by atoms with van der Waals surface area (Å²) in [7, 11) is 0. The maximum absolute atomic E-state index is 11.7. The Hall–Kier alpha value is -1.78. The summed E-state index contributed by atoms with van der Waals surface area (Å²) in [5, 5.41) is 1.91. The van der Waals surface area contributed by atoms with Crippen molar-refractivity contribution in [3.8, 4) is 10.6 Å². The van der Waals surface area contributed by atoms with Crippen LogP contribution in [0.4, 0.5) is 0 Å². The highest BCUT2D eigenvalue weighted by Crippen LogP contribution is 2.40. The van der Waals surface area contributed by atoms with Crippen LogP contribution in [0, 0.1) is 13.8 Å². The molecule has 23 heavy (non-hydrogen) atoms. The fourth-order valence-electron chi connectivity index (χ4n) is 3.03. The minimum atomic E-state index is -0.375. The van der Waals surface area contributed by atoms with Gasteiger partial charge in [-0.15, -0.1) is 11.3 Å². The van der Waals surface area contributed by atoms with Gasteiger partial charge in [0.15, 0.2) is 0 Å². The van der Waals surface area contributed by atoms with E-state index in [1.165, 1.54) is 20.5 Å². The molecule has 0 unspecified atom stereocenters. The lowest BCUT2D eigenvalue weighted by atomic mass is 10.1. The number of primary amides is 1. The van der Waals surface area contributed by atoms with Gasteiger partial charge in [0.2, 0.25) is 0 Å². The summed E-state index contributed by atoms with van der Waals surface area (Å²) in [6.07, 6.45) is 0.997. The van der Waals surface area contributed by atoms with Crippen LogP contribution in [-0.2, 0) is 6.54 Å². The average Bonchev–Trinajstić information content (AvgIpc) is 2.99. The molecule has 3 rings (SSSR count). The summed E-state index contributed by atoms with van der Waals surface area (Å²) < 4.78 is 3.39. The number of nitrogens with two attached hydrogens (primary N) is 1. The van der Waals surface area contributed by atoms with Crippen LogP contribution in [-0.4, -0.2) is 10.5 Å². The van der Waals surface area contributed by atoms with E-state index in [-0.39, 0.29) is 5.91 Å². The zero-order valence-electron chi connectivity index (χ0n) is 13.4. The number of hydrogen-bond acceptors (Lipinski definition) is 2. The minimum absolute atomic E-state index is 0.375. The summed E-state index contributed by atoms with van der Waals surface area (Å²) in [6.45, 7) is 7.05. The van der Waals surface area contributed by atoms with E-state index in [0.29, 0.717) is 5.56 Å². The Morgan fingerprint density at radius 3 is 2.70 bits per heavy atom. The van der Waals surface area contributed by atoms with Gasteiger partial charge >= 0.3 is 0 Å². The van der Waals surface area contributed by atoms with E-state index in [9.17, 15) is 4.79 Å². The zero-order valence-corrected chi connectivity index (χ0v) is 15.0. The van der Waals surface area contributed by atoms with Crippen molar-refractivity contribution in [1.29, 1.82) is 0 Å². The number of benzene rings is 1. The van der Waals surface area contributed by atoms with Gasteiger partial charge in [-0.2, -0.15) is 0 Å². The Bertz CT molecular complexity index is 908. The zero-order chi connectivity index (χ0) is 16.7. The topological polar surface area (TPSA) is 48.0 Å². The molecule has 2 aromatic heterocycles. The van der Waals surface area contributed by atoms with Gasteiger partial charge in [-0.3, -0.25) is 4.79 Å². The lowest BCUT2D eigenvalue weighted by Gasteiger charge is -2.10. The van der Waals surface area contributed by atoms with Crippen molar-refractivity contribution in [3.63, 3.8) is 0 Å². The molecule has 0 spiro atoms. The molecule has 0 bridgehead atoms. The number of aryl methyl sites for hydroxylation is 1. The van der Waals surface area contributed by atoms with E-state index in [1.807, 2.05) is 31.2 Å². The van der Waals surface area contributed by atoms with Crippen LogP contribution in [0.5, 0.6) is 0 Å². The number of thiophene rings is 1. The Balaban J connectivity index is 2.27. The smallest absolute Gasteiger partial charge is 0.250 e. The van der Waals surface area contributed by atoms with E-state index in [4.69, 9.17) is 17.3 Å². The number of halogens is 1. The lowest BCUT2D eigenvalue weighted by Crippen LogP contribution is -2.12. The molecule has 120 valence electrons. The van der Waals surface area contributed by atoms with Gasteiger partial charge in [0.1, 0.15) is 0 Å². The monoisotopic (exact) mass is 346 g/mol. The molecule has 0 saturated carbocycles. The number of carbonyl (C=O) groups excluding carboxylic acids is 1. The van der Waals surface area contributed by atoms with Crippen molar-refractivity contribution in [3.05, 3.63) is 46.1 Å². The Kier molecular flexibility index (Phi) is 4.21. The quantitative estimate of drug-likeness (QED) is 0.697. The summed E-state index contributed by atoms with van der Waals surface area (Å²) >= 11 is 7.86. The van der Waals surface area contributed by atoms with E-state index in [0.717, 1.165) is 29.4 Å². The molecule has 0 atom stereocenters. The van der Waals surface area contributed by atoms with Gasteiger partial charge in [0.25, 0.3) is 5.91 Å². The molecule has 3 aromatic rings. The van der Waals surface area contributed by atoms with E-state index in [1.54, 1.807) is 11.3 Å². The van der Waals surface area contributed by atoms with Gasteiger partial charge in [-0.05, 0) is 55.5 Å². The highest BCUT2D eigenvalue weighted by molar-refractivity contribution is 7.22. The van der Waals surface area contributed by atoms with E-state index >= 15 is 0 Å². The number of carbonyl (C=O) groups is 1. The van der Waals surface area contributed by atoms with Gasteiger partial charge in [-0.25, -0.2) is 0 Å². The minimum Gasteiger partial charge on any atom is -0.366 e. The van der Waals surface area contributed by atoms with Crippen LogP contribution < -0.4 is 5.73 Å². The summed E-state index contributed by atoms with van der Waals surface area (Å²) in [6, 6.07) is 7.89. The van der Waals surface area contributed by atoms with Crippen LogP contribution >= 0.6 is 22.9 Å². The van der Waals surface area contributed by atoms with Crippen molar-refractivity contribution in [2.45, 2.75) is 33.7 Å². The van der Waals surface area contributed by atoms with Crippen molar-refractivity contribution in [2.24, 2.45) is 5.73 Å². The van der Waals surface area contributed by atoms with Crippen LogP contribution in [0.25, 0.3) is 20.7 Å². The predicted octanol–water partition coefficient (Wildman–Crippen LogP) is 5.15. The Labute approximate surface area is 144 Å². The van der Waals surface area contributed by atoms with E-state index in [2.05, 4.69) is 18.4 Å². The maximum Gasteiger partial charge on any atom is 0.250 e. The van der Waals surface area contributed by atoms with Crippen molar-refractivity contribution < 1.29 is 4.79 Å². The highest BCUT2D eigenvalue weighted by Gasteiger charge is 2.20. The van der Waals surface area contributed by atoms with Gasteiger partial charge in [0.05, 0.1) is 16.1 Å². The fraction of sp³-hybridized carbons (Fsp3) is 0.278. The fourth-order valence-corrected chi connectivity index (χ4v) is 4.42. The maximum atomic E-state index is 11.7. The molecule has 0 fully saturated rings. The molecule has 1 aromatic carbocycles.